The fourth-order valence-corrected chi connectivity index (χ4v) is 1.89. The van der Waals surface area contributed by atoms with E-state index in [4.69, 9.17) is 11.6 Å². The summed E-state index contributed by atoms with van der Waals surface area (Å²) < 4.78 is 9.14. The van der Waals surface area contributed by atoms with Crippen molar-refractivity contribution < 1.29 is 19.1 Å². The molecule has 0 aliphatic carbocycles. The molecule has 6 heteroatoms. The molecule has 0 atom stereocenters. The second kappa shape index (κ2) is 7.31. The minimum absolute atomic E-state index is 0.0464. The van der Waals surface area contributed by atoms with Crippen LogP contribution in [0.5, 0.6) is 0 Å². The van der Waals surface area contributed by atoms with E-state index in [9.17, 15) is 9.59 Å². The number of methoxy groups -OCH3 is 2. The summed E-state index contributed by atoms with van der Waals surface area (Å²) in [5, 5.41) is 3.23. The maximum atomic E-state index is 11.7. The van der Waals surface area contributed by atoms with Gasteiger partial charge in [0.1, 0.15) is 5.70 Å². The van der Waals surface area contributed by atoms with Crippen LogP contribution in [0.15, 0.2) is 30.0 Å². The summed E-state index contributed by atoms with van der Waals surface area (Å²) in [6.07, 6.45) is 1.01. The lowest BCUT2D eigenvalue weighted by Gasteiger charge is -2.20. The highest BCUT2D eigenvalue weighted by Gasteiger charge is 2.17. The number of carbonyl (C=O) groups excluding carboxylic acids is 2. The maximum Gasteiger partial charge on any atom is 0.354 e. The second-order valence-corrected chi connectivity index (χ2v) is 6.05. The topological polar surface area (TPSA) is 64.6 Å². The zero-order chi connectivity index (χ0) is 16.9. The number of rotatable bonds is 4. The molecule has 0 saturated carbocycles. The van der Waals surface area contributed by atoms with Crippen molar-refractivity contribution in [1.82, 2.24) is 0 Å². The van der Waals surface area contributed by atoms with E-state index in [1.807, 2.05) is 12.1 Å². The third-order valence-corrected chi connectivity index (χ3v) is 3.29. The van der Waals surface area contributed by atoms with Crippen molar-refractivity contribution in [3.63, 3.8) is 0 Å². The van der Waals surface area contributed by atoms with E-state index in [1.54, 1.807) is 6.07 Å². The first-order valence-electron chi connectivity index (χ1n) is 6.64. The Hall–Kier alpha value is -2.01. The molecule has 0 unspecified atom stereocenters. The first kappa shape index (κ1) is 18.0. The smallest absolute Gasteiger partial charge is 0.354 e. The largest absolute Gasteiger partial charge is 0.466 e. The number of nitrogens with one attached hydrogen (secondary N) is 1. The molecule has 0 bridgehead atoms. The van der Waals surface area contributed by atoms with Crippen molar-refractivity contribution in [2.45, 2.75) is 26.2 Å². The van der Waals surface area contributed by atoms with Crippen LogP contribution in [0.2, 0.25) is 5.02 Å². The van der Waals surface area contributed by atoms with Crippen molar-refractivity contribution >= 4 is 29.2 Å². The predicted octanol–water partition coefficient (Wildman–Crippen LogP) is 3.28. The van der Waals surface area contributed by atoms with Gasteiger partial charge in [-0.3, -0.25) is 0 Å². The molecule has 1 N–H and O–H groups in total. The molecule has 0 aromatic heterocycles. The zero-order valence-electron chi connectivity index (χ0n) is 13.3. The Morgan fingerprint density at radius 2 is 1.82 bits per heavy atom. The molecule has 0 radical (unpaired) electrons. The van der Waals surface area contributed by atoms with Crippen molar-refractivity contribution in [3.05, 3.63) is 40.6 Å². The van der Waals surface area contributed by atoms with Crippen LogP contribution >= 0.6 is 11.6 Å². The van der Waals surface area contributed by atoms with Gasteiger partial charge in [0.05, 0.1) is 31.0 Å². The van der Waals surface area contributed by atoms with E-state index < -0.39 is 11.9 Å². The minimum Gasteiger partial charge on any atom is -0.466 e. The highest BCUT2D eigenvalue weighted by molar-refractivity contribution is 6.33. The molecule has 0 heterocycles. The van der Waals surface area contributed by atoms with Gasteiger partial charge in [0, 0.05) is 0 Å². The Balaban J connectivity index is 3.12. The summed E-state index contributed by atoms with van der Waals surface area (Å²) in [5.41, 5.74) is 1.45. The number of carbonyl (C=O) groups is 2. The van der Waals surface area contributed by atoms with Crippen LogP contribution in [0.1, 0.15) is 26.3 Å². The van der Waals surface area contributed by atoms with E-state index >= 15 is 0 Å². The molecule has 120 valence electrons. The molecule has 0 spiro atoms. The van der Waals surface area contributed by atoms with Gasteiger partial charge >= 0.3 is 11.9 Å². The average molecular weight is 326 g/mol. The lowest BCUT2D eigenvalue weighted by molar-refractivity contribution is -0.138. The van der Waals surface area contributed by atoms with Gasteiger partial charge in [-0.1, -0.05) is 38.4 Å². The minimum atomic E-state index is -0.693. The standard InChI is InChI=1S/C16H20ClNO4/c1-16(2,3)10-6-7-12(11(17)8-10)18-13(15(20)22-5)9-14(19)21-4/h6-9,18H,1-5H3/b13-9+. The lowest BCUT2D eigenvalue weighted by atomic mass is 9.87. The van der Waals surface area contributed by atoms with Crippen molar-refractivity contribution in [2.75, 3.05) is 19.5 Å². The van der Waals surface area contributed by atoms with E-state index in [0.29, 0.717) is 10.7 Å². The summed E-state index contributed by atoms with van der Waals surface area (Å²) in [5.74, 6) is -1.36. The molecule has 22 heavy (non-hydrogen) atoms. The monoisotopic (exact) mass is 325 g/mol. The fourth-order valence-electron chi connectivity index (χ4n) is 1.66. The first-order valence-corrected chi connectivity index (χ1v) is 7.02. The van der Waals surface area contributed by atoms with E-state index in [1.165, 1.54) is 14.2 Å². The van der Waals surface area contributed by atoms with E-state index in [2.05, 4.69) is 35.6 Å². The maximum absolute atomic E-state index is 11.7. The van der Waals surface area contributed by atoms with Crippen LogP contribution in [0.3, 0.4) is 0 Å². The van der Waals surface area contributed by atoms with Crippen LogP contribution < -0.4 is 5.32 Å². The molecule has 1 aromatic rings. The third-order valence-electron chi connectivity index (χ3n) is 2.97. The Bertz CT molecular complexity index is 603. The molecule has 5 nitrogen and oxygen atoms in total. The van der Waals surface area contributed by atoms with Crippen LogP contribution in [-0.2, 0) is 24.5 Å². The van der Waals surface area contributed by atoms with Gasteiger partial charge in [0.15, 0.2) is 0 Å². The number of benzene rings is 1. The molecule has 0 fully saturated rings. The molecule has 0 aliphatic heterocycles. The summed E-state index contributed by atoms with van der Waals surface area (Å²) in [6.45, 7) is 6.22. The number of hydrogen-bond donors (Lipinski definition) is 1. The second-order valence-electron chi connectivity index (χ2n) is 5.64. The number of anilines is 1. The normalized spacial score (nSPS) is 11.8. The van der Waals surface area contributed by atoms with Crippen LogP contribution in [0, 0.1) is 0 Å². The number of halogens is 1. The number of ether oxygens (including phenoxy) is 2. The summed E-state index contributed by atoms with van der Waals surface area (Å²) in [6, 6.07) is 5.47. The SMILES string of the molecule is COC(=O)/C=C(/Nc1ccc(C(C)(C)C)cc1Cl)C(=O)OC. The van der Waals surface area contributed by atoms with E-state index in [-0.39, 0.29) is 11.1 Å². The molecular formula is C16H20ClNO4. The van der Waals surface area contributed by atoms with Crippen molar-refractivity contribution in [3.8, 4) is 0 Å². The highest BCUT2D eigenvalue weighted by Crippen LogP contribution is 2.30. The average Bonchev–Trinajstić information content (AvgIpc) is 2.46. The van der Waals surface area contributed by atoms with Gasteiger partial charge in [0.25, 0.3) is 0 Å². The Morgan fingerprint density at radius 1 is 1.18 bits per heavy atom. The fraction of sp³-hybridized carbons (Fsp3) is 0.375. The van der Waals surface area contributed by atoms with Crippen molar-refractivity contribution in [1.29, 1.82) is 0 Å². The Morgan fingerprint density at radius 3 is 2.27 bits per heavy atom. The van der Waals surface area contributed by atoms with Crippen LogP contribution in [-0.4, -0.2) is 26.2 Å². The van der Waals surface area contributed by atoms with Gasteiger partial charge in [-0.2, -0.15) is 0 Å². The number of esters is 2. The molecular weight excluding hydrogens is 306 g/mol. The van der Waals surface area contributed by atoms with Gasteiger partial charge < -0.3 is 14.8 Å². The summed E-state index contributed by atoms with van der Waals surface area (Å²) >= 11 is 6.24. The van der Waals surface area contributed by atoms with Gasteiger partial charge in [0.2, 0.25) is 0 Å². The molecule has 0 amide bonds. The summed E-state index contributed by atoms with van der Waals surface area (Å²) in [4.78, 5) is 23.0. The molecule has 0 saturated heterocycles. The Labute approximate surface area is 135 Å². The quantitative estimate of drug-likeness (QED) is 0.680. The van der Waals surface area contributed by atoms with Gasteiger partial charge in [-0.15, -0.1) is 0 Å². The molecule has 1 aromatic carbocycles. The predicted molar refractivity (Wildman–Crippen MR) is 85.9 cm³/mol. The first-order chi connectivity index (χ1) is 10.2. The van der Waals surface area contributed by atoms with Crippen LogP contribution in [0.4, 0.5) is 5.69 Å². The van der Waals surface area contributed by atoms with E-state index in [0.717, 1.165) is 11.6 Å². The molecule has 0 aliphatic rings. The highest BCUT2D eigenvalue weighted by atomic mass is 35.5. The van der Waals surface area contributed by atoms with Crippen LogP contribution in [0.25, 0.3) is 0 Å². The third kappa shape index (κ3) is 4.77. The Kier molecular flexibility index (Phi) is 6.00. The summed E-state index contributed by atoms with van der Waals surface area (Å²) in [7, 11) is 2.44. The zero-order valence-corrected chi connectivity index (χ0v) is 14.1. The molecule has 1 rings (SSSR count). The van der Waals surface area contributed by atoms with Gasteiger partial charge in [-0.25, -0.2) is 9.59 Å². The van der Waals surface area contributed by atoms with Gasteiger partial charge in [-0.05, 0) is 23.1 Å². The number of hydrogen-bond acceptors (Lipinski definition) is 5. The lowest BCUT2D eigenvalue weighted by Crippen LogP contribution is -2.16. The van der Waals surface area contributed by atoms with Crippen molar-refractivity contribution in [2.24, 2.45) is 0 Å².